The first-order valence-corrected chi connectivity index (χ1v) is 9.91. The highest BCUT2D eigenvalue weighted by molar-refractivity contribution is 6.03. The average molecular weight is 399 g/mol. The summed E-state index contributed by atoms with van der Waals surface area (Å²) < 4.78 is 2.05. The van der Waals surface area contributed by atoms with Crippen molar-refractivity contribution < 1.29 is 0 Å². The largest absolute Gasteiger partial charge is 0.298 e. The molecular weight excluding hydrogens is 382 g/mol. The topological polar surface area (TPSA) is 67.4 Å². The fraction of sp³-hybridized carbons (Fsp3) is 0.0769. The molecule has 0 N–H and O–H groups in total. The molecule has 0 saturated carbocycles. The Hall–Kier alpha value is -4.48. The monoisotopic (exact) mass is 399 g/mol. The molecule has 0 aliphatic rings. The normalized spacial score (nSPS) is 11.6. The van der Waals surface area contributed by atoms with Crippen LogP contribution in [0.3, 0.4) is 0 Å². The second-order valence-electron chi connectivity index (χ2n) is 7.27. The van der Waals surface area contributed by atoms with E-state index >= 15 is 0 Å². The van der Waals surface area contributed by atoms with Crippen molar-refractivity contribution in [2.45, 2.75) is 12.8 Å². The van der Waals surface area contributed by atoms with Crippen molar-refractivity contribution in [3.05, 3.63) is 96.2 Å². The van der Waals surface area contributed by atoms with E-state index in [2.05, 4.69) is 43.5 Å². The molecule has 5 heteroatoms. The molecule has 146 valence electrons. The Labute approximate surface area is 179 Å². The molecule has 2 aromatic carbocycles. The number of fused-ring (bicyclic) bond motifs is 3. The lowest BCUT2D eigenvalue weighted by Gasteiger charge is -2.09. The summed E-state index contributed by atoms with van der Waals surface area (Å²) in [6, 6.07) is 20.1. The number of imidazole rings is 1. The SMILES string of the molecule is CC(C#N)c1ccc(-n2cnc3cnc4ccc(C#Cc5cccnc5)cc4c32)cc1. The van der Waals surface area contributed by atoms with Gasteiger partial charge in [0.25, 0.3) is 0 Å². The maximum atomic E-state index is 9.16. The molecule has 5 nitrogen and oxygen atoms in total. The second kappa shape index (κ2) is 7.74. The summed E-state index contributed by atoms with van der Waals surface area (Å²) in [5, 5.41) is 10.1. The summed E-state index contributed by atoms with van der Waals surface area (Å²) in [5.41, 5.74) is 6.43. The Bertz CT molecular complexity index is 1500. The van der Waals surface area contributed by atoms with Gasteiger partial charge < -0.3 is 0 Å². The van der Waals surface area contributed by atoms with Crippen LogP contribution in [-0.2, 0) is 0 Å². The van der Waals surface area contributed by atoms with E-state index in [9.17, 15) is 0 Å². The molecule has 3 aromatic heterocycles. The summed E-state index contributed by atoms with van der Waals surface area (Å²) in [7, 11) is 0. The van der Waals surface area contributed by atoms with Crippen LogP contribution in [0.1, 0.15) is 29.5 Å². The number of hydrogen-bond acceptors (Lipinski definition) is 4. The Morgan fingerprint density at radius 3 is 2.52 bits per heavy atom. The highest BCUT2D eigenvalue weighted by Crippen LogP contribution is 2.27. The van der Waals surface area contributed by atoms with Crippen LogP contribution >= 0.6 is 0 Å². The Kier molecular flexibility index (Phi) is 4.63. The van der Waals surface area contributed by atoms with Gasteiger partial charge in [-0.25, -0.2) is 4.98 Å². The van der Waals surface area contributed by atoms with Gasteiger partial charge in [-0.1, -0.05) is 24.0 Å². The standard InChI is InChI=1S/C26H17N5/c1-18(14-27)21-7-9-22(10-8-21)31-17-30-25-16-29-24-11-6-19(13-23(24)26(25)31)4-5-20-3-2-12-28-15-20/h2-3,6-13,15-18H,1H3. The molecule has 5 rings (SSSR count). The third-order valence-electron chi connectivity index (χ3n) is 5.25. The molecule has 0 saturated heterocycles. The number of pyridine rings is 2. The molecule has 0 fully saturated rings. The second-order valence-corrected chi connectivity index (χ2v) is 7.27. The van der Waals surface area contributed by atoms with Gasteiger partial charge in [0.15, 0.2) is 0 Å². The molecule has 0 aliphatic heterocycles. The van der Waals surface area contributed by atoms with Crippen LogP contribution in [-0.4, -0.2) is 19.5 Å². The highest BCUT2D eigenvalue weighted by atomic mass is 15.1. The summed E-state index contributed by atoms with van der Waals surface area (Å²) in [5.74, 6) is 6.23. The van der Waals surface area contributed by atoms with Crippen molar-refractivity contribution in [3.8, 4) is 23.6 Å². The van der Waals surface area contributed by atoms with Crippen LogP contribution in [0.5, 0.6) is 0 Å². The van der Waals surface area contributed by atoms with E-state index < -0.39 is 0 Å². The number of aromatic nitrogens is 4. The lowest BCUT2D eigenvalue weighted by molar-refractivity contribution is 0.977. The van der Waals surface area contributed by atoms with Gasteiger partial charge in [0.2, 0.25) is 0 Å². The minimum Gasteiger partial charge on any atom is -0.298 e. The number of nitrogens with zero attached hydrogens (tertiary/aromatic N) is 5. The van der Waals surface area contributed by atoms with Crippen LogP contribution < -0.4 is 0 Å². The minimum atomic E-state index is -0.139. The number of benzene rings is 2. The zero-order valence-corrected chi connectivity index (χ0v) is 16.8. The highest BCUT2D eigenvalue weighted by Gasteiger charge is 2.11. The van der Waals surface area contributed by atoms with Gasteiger partial charge in [-0.05, 0) is 55.0 Å². The lowest BCUT2D eigenvalue weighted by Crippen LogP contribution is -1.95. The Morgan fingerprint density at radius 1 is 0.903 bits per heavy atom. The van der Waals surface area contributed by atoms with Crippen LogP contribution in [0.15, 0.2) is 79.5 Å². The zero-order chi connectivity index (χ0) is 21.2. The molecule has 31 heavy (non-hydrogen) atoms. The molecule has 0 aliphatic carbocycles. The molecule has 0 radical (unpaired) electrons. The van der Waals surface area contributed by atoms with Crippen molar-refractivity contribution in [2.75, 3.05) is 0 Å². The summed E-state index contributed by atoms with van der Waals surface area (Å²) in [4.78, 5) is 13.2. The smallest absolute Gasteiger partial charge is 0.108 e. The fourth-order valence-electron chi connectivity index (χ4n) is 3.55. The van der Waals surface area contributed by atoms with Gasteiger partial charge in [0.1, 0.15) is 11.8 Å². The zero-order valence-electron chi connectivity index (χ0n) is 16.8. The van der Waals surface area contributed by atoms with Crippen molar-refractivity contribution in [2.24, 2.45) is 0 Å². The molecule has 0 spiro atoms. The predicted molar refractivity (Wildman–Crippen MR) is 121 cm³/mol. The predicted octanol–water partition coefficient (Wildman–Crippen LogP) is 5.00. The van der Waals surface area contributed by atoms with E-state index in [4.69, 9.17) is 5.26 Å². The van der Waals surface area contributed by atoms with Gasteiger partial charge in [-0.3, -0.25) is 14.5 Å². The molecule has 5 aromatic rings. The van der Waals surface area contributed by atoms with Crippen molar-refractivity contribution in [1.82, 2.24) is 19.5 Å². The summed E-state index contributed by atoms with van der Waals surface area (Å²) in [6.45, 7) is 1.90. The van der Waals surface area contributed by atoms with Crippen LogP contribution in [0.2, 0.25) is 0 Å². The number of nitriles is 1. The van der Waals surface area contributed by atoms with Gasteiger partial charge in [-0.15, -0.1) is 0 Å². The summed E-state index contributed by atoms with van der Waals surface area (Å²) in [6.07, 6.45) is 7.09. The maximum Gasteiger partial charge on any atom is 0.108 e. The van der Waals surface area contributed by atoms with Crippen molar-refractivity contribution >= 4 is 21.9 Å². The fourth-order valence-corrected chi connectivity index (χ4v) is 3.55. The molecule has 1 unspecified atom stereocenters. The van der Waals surface area contributed by atoms with Gasteiger partial charge in [0, 0.05) is 34.6 Å². The Morgan fingerprint density at radius 2 is 1.74 bits per heavy atom. The minimum absolute atomic E-state index is 0.139. The van der Waals surface area contributed by atoms with E-state index in [-0.39, 0.29) is 5.92 Å². The average Bonchev–Trinajstić information content (AvgIpc) is 3.27. The lowest BCUT2D eigenvalue weighted by atomic mass is 10.0. The van der Waals surface area contributed by atoms with Crippen LogP contribution in [0.25, 0.3) is 27.6 Å². The van der Waals surface area contributed by atoms with Gasteiger partial charge in [0.05, 0.1) is 29.2 Å². The van der Waals surface area contributed by atoms with E-state index in [1.54, 1.807) is 18.6 Å². The summed E-state index contributed by atoms with van der Waals surface area (Å²) >= 11 is 0. The van der Waals surface area contributed by atoms with E-state index in [1.807, 2.05) is 61.8 Å². The first-order chi connectivity index (χ1) is 15.2. The first kappa shape index (κ1) is 18.5. The molecule has 3 heterocycles. The molecule has 0 bridgehead atoms. The third kappa shape index (κ3) is 3.50. The first-order valence-electron chi connectivity index (χ1n) is 9.91. The molecule has 1 atom stereocenters. The van der Waals surface area contributed by atoms with Gasteiger partial charge >= 0.3 is 0 Å². The van der Waals surface area contributed by atoms with E-state index in [0.29, 0.717) is 0 Å². The van der Waals surface area contributed by atoms with E-state index in [0.717, 1.165) is 44.3 Å². The molecular formula is C26H17N5. The third-order valence-corrected chi connectivity index (χ3v) is 5.25. The number of rotatable bonds is 2. The van der Waals surface area contributed by atoms with Crippen molar-refractivity contribution in [1.29, 1.82) is 5.26 Å². The van der Waals surface area contributed by atoms with Gasteiger partial charge in [-0.2, -0.15) is 5.26 Å². The van der Waals surface area contributed by atoms with Crippen molar-refractivity contribution in [3.63, 3.8) is 0 Å². The maximum absolute atomic E-state index is 9.16. The quantitative estimate of drug-likeness (QED) is 0.392. The van der Waals surface area contributed by atoms with Crippen LogP contribution in [0, 0.1) is 23.2 Å². The number of hydrogen-bond donors (Lipinski definition) is 0. The van der Waals surface area contributed by atoms with E-state index in [1.165, 1.54) is 0 Å². The van der Waals surface area contributed by atoms with Crippen LogP contribution in [0.4, 0.5) is 0 Å². The Balaban J connectivity index is 1.63. The molecule has 0 amide bonds.